The second-order valence-electron chi connectivity index (χ2n) is 5.21. The molecule has 0 fully saturated rings. The summed E-state index contributed by atoms with van der Waals surface area (Å²) >= 11 is 12.4. The van der Waals surface area contributed by atoms with Crippen molar-refractivity contribution < 1.29 is 0 Å². The van der Waals surface area contributed by atoms with Crippen molar-refractivity contribution in [2.75, 3.05) is 0 Å². The number of allylic oxidation sites excluding steroid dienone is 1. The van der Waals surface area contributed by atoms with Gasteiger partial charge in [-0.3, -0.25) is 0 Å². The van der Waals surface area contributed by atoms with E-state index in [1.54, 1.807) is 24.3 Å². The van der Waals surface area contributed by atoms with Crippen LogP contribution in [0.5, 0.6) is 0 Å². The molecule has 0 spiro atoms. The van der Waals surface area contributed by atoms with Crippen LogP contribution in [0.2, 0.25) is 10.0 Å². The van der Waals surface area contributed by atoms with Crippen LogP contribution in [0.4, 0.5) is 0 Å². The van der Waals surface area contributed by atoms with Gasteiger partial charge in [-0.05, 0) is 31.1 Å². The van der Waals surface area contributed by atoms with Crippen molar-refractivity contribution in [3.05, 3.63) is 45.5 Å². The van der Waals surface area contributed by atoms with Gasteiger partial charge in [-0.15, -0.1) is 10.2 Å². The van der Waals surface area contributed by atoms with Crippen LogP contribution >= 0.6 is 23.2 Å². The van der Waals surface area contributed by atoms with E-state index >= 15 is 0 Å². The highest BCUT2D eigenvalue weighted by Crippen LogP contribution is 2.29. The Kier molecular flexibility index (Phi) is 4.47. The fourth-order valence-electron chi connectivity index (χ4n) is 2.62. The molecule has 1 aliphatic rings. The first-order chi connectivity index (χ1) is 10.7. The van der Waals surface area contributed by atoms with Crippen molar-refractivity contribution in [2.45, 2.75) is 32.2 Å². The standard InChI is InChI=1S/C16H14Cl2N4/c17-13-5-4-6-14(18)12(13)9-11(10-19)16-21-20-15-7-2-1-3-8-22(15)16/h4-6,9H,1-3,7-8H2. The van der Waals surface area contributed by atoms with Gasteiger partial charge >= 0.3 is 0 Å². The second-order valence-corrected chi connectivity index (χ2v) is 6.02. The van der Waals surface area contributed by atoms with Gasteiger partial charge in [0.1, 0.15) is 11.9 Å². The smallest absolute Gasteiger partial charge is 0.174 e. The summed E-state index contributed by atoms with van der Waals surface area (Å²) in [4.78, 5) is 0. The lowest BCUT2D eigenvalue weighted by molar-refractivity contribution is 0.627. The zero-order valence-corrected chi connectivity index (χ0v) is 13.4. The van der Waals surface area contributed by atoms with Crippen LogP contribution in [0.1, 0.15) is 36.5 Å². The molecular formula is C16H14Cl2N4. The summed E-state index contributed by atoms with van der Waals surface area (Å²) < 4.78 is 2.03. The molecule has 1 aliphatic heterocycles. The normalized spacial score (nSPS) is 15.0. The molecule has 22 heavy (non-hydrogen) atoms. The summed E-state index contributed by atoms with van der Waals surface area (Å²) in [5.74, 6) is 1.54. The van der Waals surface area contributed by atoms with Crippen LogP contribution in [0.15, 0.2) is 18.2 Å². The molecule has 0 N–H and O–H groups in total. The molecule has 0 bridgehead atoms. The minimum Gasteiger partial charge on any atom is -0.310 e. The molecule has 1 aromatic heterocycles. The Hall–Kier alpha value is -1.83. The van der Waals surface area contributed by atoms with E-state index in [2.05, 4.69) is 16.3 Å². The zero-order chi connectivity index (χ0) is 15.5. The number of hydrogen-bond acceptors (Lipinski definition) is 3. The SMILES string of the molecule is N#CC(=Cc1c(Cl)cccc1Cl)c1nnc2n1CCCCC2. The van der Waals surface area contributed by atoms with Crippen LogP contribution in [0, 0.1) is 11.3 Å². The van der Waals surface area contributed by atoms with Crippen molar-refractivity contribution in [1.29, 1.82) is 5.26 Å². The van der Waals surface area contributed by atoms with Gasteiger partial charge < -0.3 is 4.57 Å². The summed E-state index contributed by atoms with van der Waals surface area (Å²) in [6.45, 7) is 0.840. The van der Waals surface area contributed by atoms with Gasteiger partial charge in [0.2, 0.25) is 0 Å². The monoisotopic (exact) mass is 332 g/mol. The van der Waals surface area contributed by atoms with Crippen molar-refractivity contribution in [3.8, 4) is 6.07 Å². The first-order valence-electron chi connectivity index (χ1n) is 7.19. The zero-order valence-electron chi connectivity index (χ0n) is 11.9. The summed E-state index contributed by atoms with van der Waals surface area (Å²) in [6.07, 6.45) is 5.94. The summed E-state index contributed by atoms with van der Waals surface area (Å²) in [5.41, 5.74) is 1.06. The molecule has 0 saturated carbocycles. The van der Waals surface area contributed by atoms with E-state index in [9.17, 15) is 5.26 Å². The maximum absolute atomic E-state index is 9.53. The van der Waals surface area contributed by atoms with Crippen molar-refractivity contribution >= 4 is 34.9 Å². The lowest BCUT2D eigenvalue weighted by Gasteiger charge is -2.07. The predicted molar refractivity (Wildman–Crippen MR) is 87.5 cm³/mol. The fourth-order valence-corrected chi connectivity index (χ4v) is 3.13. The number of rotatable bonds is 2. The molecule has 3 rings (SSSR count). The Bertz CT molecular complexity index is 751. The highest BCUT2D eigenvalue weighted by Gasteiger charge is 2.18. The minimum absolute atomic E-state index is 0.427. The van der Waals surface area contributed by atoms with E-state index in [0.29, 0.717) is 27.0 Å². The summed E-state index contributed by atoms with van der Waals surface area (Å²) in [7, 11) is 0. The highest BCUT2D eigenvalue weighted by atomic mass is 35.5. The highest BCUT2D eigenvalue weighted by molar-refractivity contribution is 6.37. The molecule has 0 atom stereocenters. The molecule has 2 aromatic rings. The number of benzene rings is 1. The Morgan fingerprint density at radius 2 is 1.95 bits per heavy atom. The Labute approximate surface area is 139 Å². The van der Waals surface area contributed by atoms with Gasteiger partial charge in [0.15, 0.2) is 5.82 Å². The lowest BCUT2D eigenvalue weighted by Crippen LogP contribution is -2.05. The van der Waals surface area contributed by atoms with Crippen LogP contribution in [0.3, 0.4) is 0 Å². The average Bonchev–Trinajstić information content (AvgIpc) is 2.76. The van der Waals surface area contributed by atoms with E-state index in [1.807, 2.05) is 4.57 Å². The average molecular weight is 333 g/mol. The molecule has 0 saturated heterocycles. The van der Waals surface area contributed by atoms with Gasteiger partial charge in [0.25, 0.3) is 0 Å². The maximum atomic E-state index is 9.53. The van der Waals surface area contributed by atoms with Crippen LogP contribution < -0.4 is 0 Å². The van der Waals surface area contributed by atoms with Crippen LogP contribution in [-0.2, 0) is 13.0 Å². The molecule has 0 unspecified atom stereocenters. The molecule has 4 nitrogen and oxygen atoms in total. The van der Waals surface area contributed by atoms with Gasteiger partial charge in [-0.25, -0.2) is 0 Å². The fraction of sp³-hybridized carbons (Fsp3) is 0.312. The van der Waals surface area contributed by atoms with Gasteiger partial charge in [0, 0.05) is 28.6 Å². The Balaban J connectivity index is 2.08. The van der Waals surface area contributed by atoms with Crippen LogP contribution in [0.25, 0.3) is 11.6 Å². The van der Waals surface area contributed by atoms with E-state index in [-0.39, 0.29) is 0 Å². The number of nitriles is 1. The number of aromatic nitrogens is 3. The molecule has 0 amide bonds. The predicted octanol–water partition coefficient (Wildman–Crippen LogP) is 4.38. The number of nitrogens with zero attached hydrogens (tertiary/aromatic N) is 4. The van der Waals surface area contributed by atoms with Gasteiger partial charge in [-0.2, -0.15) is 5.26 Å². The van der Waals surface area contributed by atoms with Crippen LogP contribution in [-0.4, -0.2) is 14.8 Å². The number of fused-ring (bicyclic) bond motifs is 1. The van der Waals surface area contributed by atoms with Gasteiger partial charge in [-0.1, -0.05) is 35.7 Å². The van der Waals surface area contributed by atoms with E-state index in [4.69, 9.17) is 23.2 Å². The third-order valence-electron chi connectivity index (χ3n) is 3.76. The van der Waals surface area contributed by atoms with E-state index in [0.717, 1.165) is 31.6 Å². The van der Waals surface area contributed by atoms with E-state index in [1.165, 1.54) is 6.42 Å². The van der Waals surface area contributed by atoms with Crippen molar-refractivity contribution in [1.82, 2.24) is 14.8 Å². The quantitative estimate of drug-likeness (QED) is 0.767. The number of aryl methyl sites for hydroxylation is 1. The largest absolute Gasteiger partial charge is 0.310 e. The van der Waals surface area contributed by atoms with Gasteiger partial charge in [0.05, 0.1) is 5.57 Å². The summed E-state index contributed by atoms with van der Waals surface area (Å²) in [5, 5.41) is 19.0. The molecule has 112 valence electrons. The summed E-state index contributed by atoms with van der Waals surface area (Å²) in [6, 6.07) is 7.47. The molecular weight excluding hydrogens is 319 g/mol. The van der Waals surface area contributed by atoms with Crippen molar-refractivity contribution in [2.24, 2.45) is 0 Å². The number of hydrogen-bond donors (Lipinski definition) is 0. The Morgan fingerprint density at radius 3 is 2.68 bits per heavy atom. The maximum Gasteiger partial charge on any atom is 0.174 e. The lowest BCUT2D eigenvalue weighted by atomic mass is 10.1. The molecule has 0 radical (unpaired) electrons. The van der Waals surface area contributed by atoms with E-state index < -0.39 is 0 Å². The Morgan fingerprint density at radius 1 is 1.18 bits per heavy atom. The molecule has 1 aromatic carbocycles. The third-order valence-corrected chi connectivity index (χ3v) is 4.42. The molecule has 2 heterocycles. The second kappa shape index (κ2) is 6.51. The van der Waals surface area contributed by atoms with Crippen molar-refractivity contribution in [3.63, 3.8) is 0 Å². The molecule has 0 aliphatic carbocycles. The third kappa shape index (κ3) is 2.87. The first-order valence-corrected chi connectivity index (χ1v) is 7.94. The minimum atomic E-state index is 0.427. The molecule has 6 heteroatoms. The first kappa shape index (κ1) is 15.1. The number of halogens is 2. The topological polar surface area (TPSA) is 54.5 Å².